The van der Waals surface area contributed by atoms with Gasteiger partial charge in [0.05, 0.1) is 24.8 Å². The maximum Gasteiger partial charge on any atom is 0.415 e. The number of amides is 2. The lowest BCUT2D eigenvalue weighted by molar-refractivity contribution is -0.138. The summed E-state index contributed by atoms with van der Waals surface area (Å²) in [4.78, 5) is 41.9. The zero-order valence-electron chi connectivity index (χ0n) is 19.2. The highest BCUT2D eigenvalue weighted by Crippen LogP contribution is 2.31. The second-order valence-corrected chi connectivity index (χ2v) is 8.25. The van der Waals surface area contributed by atoms with Gasteiger partial charge in [0.25, 0.3) is 0 Å². The maximum atomic E-state index is 15.0. The number of aromatic nitrogens is 1. The lowest BCUT2D eigenvalue weighted by Crippen LogP contribution is -2.40. The van der Waals surface area contributed by atoms with Gasteiger partial charge in [0.15, 0.2) is 0 Å². The number of rotatable bonds is 7. The van der Waals surface area contributed by atoms with Gasteiger partial charge >= 0.3 is 12.1 Å². The number of carboxylic acid groups (broad SMARTS) is 1. The SMILES string of the molecule is CC(=O)NC[C@@H]1OC(=O)N(c2ccc(-c3ccc(N4C=NN(CC(=O)O)CC4)nc3)c(F)c2)[C@H]1C. The van der Waals surface area contributed by atoms with E-state index in [-0.39, 0.29) is 19.0 Å². The molecule has 2 atom stereocenters. The Bertz CT molecular complexity index is 1160. The van der Waals surface area contributed by atoms with Crippen LogP contribution in [0.1, 0.15) is 13.8 Å². The van der Waals surface area contributed by atoms with Gasteiger partial charge in [-0.2, -0.15) is 5.10 Å². The van der Waals surface area contributed by atoms with Gasteiger partial charge in [-0.25, -0.2) is 14.2 Å². The van der Waals surface area contributed by atoms with Crippen LogP contribution in [0.25, 0.3) is 11.1 Å². The van der Waals surface area contributed by atoms with E-state index in [1.165, 1.54) is 29.2 Å². The maximum absolute atomic E-state index is 15.0. The second kappa shape index (κ2) is 9.95. The minimum atomic E-state index is -0.952. The molecule has 3 heterocycles. The van der Waals surface area contributed by atoms with Crippen molar-refractivity contribution in [2.24, 2.45) is 5.10 Å². The van der Waals surface area contributed by atoms with E-state index in [1.807, 2.05) is 0 Å². The van der Waals surface area contributed by atoms with Crippen LogP contribution >= 0.6 is 0 Å². The molecule has 0 spiro atoms. The summed E-state index contributed by atoms with van der Waals surface area (Å²) < 4.78 is 20.4. The number of aliphatic carboxylic acids is 1. The summed E-state index contributed by atoms with van der Waals surface area (Å²) in [5, 5.41) is 17.0. The molecule has 1 aromatic carbocycles. The first-order valence-electron chi connectivity index (χ1n) is 11.0. The van der Waals surface area contributed by atoms with Gasteiger partial charge in [-0.05, 0) is 37.3 Å². The number of cyclic esters (lactones) is 1. The van der Waals surface area contributed by atoms with Crippen molar-refractivity contribution in [2.75, 3.05) is 36.0 Å². The number of ether oxygens (including phenoxy) is 1. The minimum absolute atomic E-state index is 0.171. The van der Waals surface area contributed by atoms with Crippen LogP contribution in [0.5, 0.6) is 0 Å². The Morgan fingerprint density at radius 1 is 1.26 bits per heavy atom. The Morgan fingerprint density at radius 3 is 2.66 bits per heavy atom. The van der Waals surface area contributed by atoms with E-state index in [1.54, 1.807) is 42.3 Å². The monoisotopic (exact) mass is 484 g/mol. The Hall–Kier alpha value is -4.22. The third kappa shape index (κ3) is 5.31. The number of anilines is 2. The predicted molar refractivity (Wildman–Crippen MR) is 126 cm³/mol. The lowest BCUT2D eigenvalue weighted by atomic mass is 10.1. The minimum Gasteiger partial charge on any atom is -0.480 e. The smallest absolute Gasteiger partial charge is 0.415 e. The van der Waals surface area contributed by atoms with E-state index in [4.69, 9.17) is 9.84 Å². The van der Waals surface area contributed by atoms with Crippen LogP contribution in [0.2, 0.25) is 0 Å². The van der Waals surface area contributed by atoms with E-state index < -0.39 is 30.0 Å². The van der Waals surface area contributed by atoms with Crippen LogP contribution in [-0.2, 0) is 14.3 Å². The van der Waals surface area contributed by atoms with Gasteiger partial charge < -0.3 is 20.1 Å². The van der Waals surface area contributed by atoms with Crippen molar-refractivity contribution in [1.29, 1.82) is 0 Å². The van der Waals surface area contributed by atoms with Crippen molar-refractivity contribution >= 4 is 35.8 Å². The molecule has 2 amide bonds. The number of hydrazone groups is 1. The molecule has 2 N–H and O–H groups in total. The Balaban J connectivity index is 1.46. The Morgan fingerprint density at radius 2 is 2.06 bits per heavy atom. The summed E-state index contributed by atoms with van der Waals surface area (Å²) in [6, 6.07) is 7.56. The van der Waals surface area contributed by atoms with Crippen molar-refractivity contribution in [1.82, 2.24) is 15.3 Å². The first-order valence-corrected chi connectivity index (χ1v) is 11.0. The number of pyridine rings is 1. The molecule has 0 bridgehead atoms. The van der Waals surface area contributed by atoms with E-state index in [2.05, 4.69) is 15.4 Å². The number of carboxylic acids is 1. The van der Waals surface area contributed by atoms with Crippen molar-refractivity contribution < 1.29 is 28.6 Å². The van der Waals surface area contributed by atoms with E-state index in [0.717, 1.165) is 0 Å². The first-order chi connectivity index (χ1) is 16.7. The molecule has 184 valence electrons. The zero-order chi connectivity index (χ0) is 25.1. The van der Waals surface area contributed by atoms with Crippen LogP contribution in [0.3, 0.4) is 0 Å². The number of nitrogens with one attached hydrogen (secondary N) is 1. The number of benzene rings is 1. The predicted octanol–water partition coefficient (Wildman–Crippen LogP) is 1.89. The number of hydrogen-bond acceptors (Lipinski definition) is 8. The molecule has 2 aliphatic rings. The summed E-state index contributed by atoms with van der Waals surface area (Å²) in [6.07, 6.45) is 1.91. The lowest BCUT2D eigenvalue weighted by Gasteiger charge is -2.28. The first kappa shape index (κ1) is 23.9. The fourth-order valence-electron chi connectivity index (χ4n) is 3.94. The highest BCUT2D eigenvalue weighted by Gasteiger charge is 2.40. The van der Waals surface area contributed by atoms with Gasteiger partial charge in [0, 0.05) is 30.8 Å². The number of halogens is 1. The van der Waals surface area contributed by atoms with E-state index in [9.17, 15) is 14.4 Å². The summed E-state index contributed by atoms with van der Waals surface area (Å²) in [5.41, 5.74) is 1.23. The molecule has 1 saturated heterocycles. The molecular formula is C23H25FN6O5. The molecule has 2 aromatic rings. The molecule has 35 heavy (non-hydrogen) atoms. The summed E-state index contributed by atoms with van der Waals surface area (Å²) >= 11 is 0. The van der Waals surface area contributed by atoms with Crippen molar-refractivity contribution in [3.05, 3.63) is 42.3 Å². The largest absolute Gasteiger partial charge is 0.480 e. The van der Waals surface area contributed by atoms with Crippen LogP contribution in [0.4, 0.5) is 20.7 Å². The van der Waals surface area contributed by atoms with E-state index in [0.29, 0.717) is 35.7 Å². The standard InChI is InChI=1S/C23H25FN6O5/c1-14-20(11-25-15(2)31)35-23(34)30(14)17-4-5-18(19(24)9-17)16-3-6-21(26-10-16)28-7-8-29(27-13-28)12-22(32)33/h3-6,9-10,13-14,20H,7-8,11-12H2,1-2H3,(H,25,31)(H,32,33)/t14-,20-/m0/s1. The van der Waals surface area contributed by atoms with Gasteiger partial charge in [-0.1, -0.05) is 0 Å². The third-order valence-corrected chi connectivity index (χ3v) is 5.80. The van der Waals surface area contributed by atoms with Crippen LogP contribution < -0.4 is 15.1 Å². The number of nitrogens with zero attached hydrogens (tertiary/aromatic N) is 5. The molecule has 1 fully saturated rings. The summed E-state index contributed by atoms with van der Waals surface area (Å²) in [5.74, 6) is -1.10. The zero-order valence-corrected chi connectivity index (χ0v) is 19.2. The average Bonchev–Trinajstić information content (AvgIpc) is 3.11. The third-order valence-electron chi connectivity index (χ3n) is 5.80. The number of carbonyl (C=O) groups is 3. The van der Waals surface area contributed by atoms with E-state index >= 15 is 4.39 Å². The van der Waals surface area contributed by atoms with Gasteiger partial charge in [-0.3, -0.25) is 19.5 Å². The molecule has 12 heteroatoms. The summed E-state index contributed by atoms with van der Waals surface area (Å²) in [7, 11) is 0. The number of carbonyl (C=O) groups excluding carboxylic acids is 2. The van der Waals surface area contributed by atoms with Crippen molar-refractivity contribution in [3.8, 4) is 11.1 Å². The molecule has 0 saturated carbocycles. The van der Waals surface area contributed by atoms with Crippen molar-refractivity contribution in [2.45, 2.75) is 26.0 Å². The van der Waals surface area contributed by atoms with Crippen LogP contribution in [0, 0.1) is 5.82 Å². The quantitative estimate of drug-likeness (QED) is 0.610. The second-order valence-electron chi connectivity index (χ2n) is 8.25. The Labute approximate surface area is 200 Å². The highest BCUT2D eigenvalue weighted by atomic mass is 19.1. The topological polar surface area (TPSA) is 128 Å². The van der Waals surface area contributed by atoms with Gasteiger partial charge in [0.1, 0.15) is 30.6 Å². The van der Waals surface area contributed by atoms with Crippen LogP contribution in [0.15, 0.2) is 41.6 Å². The summed E-state index contributed by atoms with van der Waals surface area (Å²) in [6.45, 7) is 4.11. The highest BCUT2D eigenvalue weighted by molar-refractivity contribution is 5.91. The van der Waals surface area contributed by atoms with Gasteiger partial charge in [-0.15, -0.1) is 0 Å². The van der Waals surface area contributed by atoms with Crippen LogP contribution in [-0.4, -0.2) is 77.7 Å². The molecule has 4 rings (SSSR count). The molecule has 2 aliphatic heterocycles. The molecule has 0 aliphatic carbocycles. The van der Waals surface area contributed by atoms with Gasteiger partial charge in [0.2, 0.25) is 5.91 Å². The molecular weight excluding hydrogens is 459 g/mol. The fourth-order valence-corrected chi connectivity index (χ4v) is 3.94. The average molecular weight is 484 g/mol. The normalized spacial score (nSPS) is 19.6. The molecule has 0 unspecified atom stereocenters. The molecule has 0 radical (unpaired) electrons. The van der Waals surface area contributed by atoms with Crippen molar-refractivity contribution in [3.63, 3.8) is 0 Å². The Kier molecular flexibility index (Phi) is 6.80. The fraction of sp³-hybridized carbons (Fsp3) is 0.348. The molecule has 11 nitrogen and oxygen atoms in total. The molecule has 1 aromatic heterocycles. The number of hydrogen-bond donors (Lipinski definition) is 2.